The Hall–Kier alpha value is -2.90. The number of ether oxygens (including phenoxy) is 3. The lowest BCUT2D eigenvalue weighted by molar-refractivity contribution is -0.0205. The minimum atomic E-state index is -0.863. The molecule has 0 aliphatic carbocycles. The first-order valence-corrected chi connectivity index (χ1v) is 13.7. The van der Waals surface area contributed by atoms with E-state index in [2.05, 4.69) is 41.7 Å². The van der Waals surface area contributed by atoms with E-state index in [1.807, 2.05) is 42.5 Å². The van der Waals surface area contributed by atoms with Crippen LogP contribution in [0.2, 0.25) is 0 Å². The van der Waals surface area contributed by atoms with Crippen molar-refractivity contribution in [2.75, 3.05) is 47.1 Å². The van der Waals surface area contributed by atoms with Gasteiger partial charge in [-0.2, -0.15) is 0 Å². The van der Waals surface area contributed by atoms with Crippen LogP contribution in [0, 0.1) is 5.92 Å². The molecule has 0 saturated heterocycles. The number of aliphatic hydroxyl groups is 1. The lowest BCUT2D eigenvalue weighted by atomic mass is 9.79. The first-order valence-electron chi connectivity index (χ1n) is 13.7. The summed E-state index contributed by atoms with van der Waals surface area (Å²) in [5.74, 6) is 1.61. The molecule has 3 aromatic carbocycles. The molecule has 6 heteroatoms. The number of hydrogen-bond acceptors (Lipinski definition) is 6. The molecule has 0 saturated carbocycles. The topological polar surface area (TPSA) is 86.0 Å². The van der Waals surface area contributed by atoms with E-state index in [-0.39, 0.29) is 12.5 Å². The predicted octanol–water partition coefficient (Wildman–Crippen LogP) is 5.12. The molecular weight excluding hydrogens is 476 g/mol. The summed E-state index contributed by atoms with van der Waals surface area (Å²) in [4.78, 5) is 0. The zero-order valence-corrected chi connectivity index (χ0v) is 22.9. The maximum Gasteiger partial charge on any atom is 0.143 e. The van der Waals surface area contributed by atoms with Crippen molar-refractivity contribution in [2.24, 2.45) is 11.7 Å². The molecule has 0 aromatic heterocycles. The highest BCUT2D eigenvalue weighted by molar-refractivity contribution is 5.49. The van der Waals surface area contributed by atoms with Crippen LogP contribution < -0.4 is 20.5 Å². The van der Waals surface area contributed by atoms with Gasteiger partial charge in [0.1, 0.15) is 17.1 Å². The van der Waals surface area contributed by atoms with Crippen LogP contribution in [0.5, 0.6) is 11.5 Å². The number of benzene rings is 3. The van der Waals surface area contributed by atoms with Gasteiger partial charge in [0.05, 0.1) is 20.8 Å². The minimum Gasteiger partial charge on any atom is -0.497 e. The third-order valence-electron chi connectivity index (χ3n) is 6.99. The molecule has 0 aliphatic rings. The van der Waals surface area contributed by atoms with Crippen molar-refractivity contribution in [1.29, 1.82) is 0 Å². The SMILES string of the molecule is COc1ccc(C(OCC(CO)CCCCNCCCCN)(c2ccccc2)c2ccc(OC)cc2)cc1. The number of nitrogens with one attached hydrogen (secondary N) is 1. The average molecular weight is 521 g/mol. The van der Waals surface area contributed by atoms with Crippen molar-refractivity contribution < 1.29 is 19.3 Å². The first-order chi connectivity index (χ1) is 18.7. The number of rotatable bonds is 18. The monoisotopic (exact) mass is 520 g/mol. The van der Waals surface area contributed by atoms with Crippen LogP contribution >= 0.6 is 0 Å². The van der Waals surface area contributed by atoms with E-state index in [1.54, 1.807) is 14.2 Å². The number of methoxy groups -OCH3 is 2. The van der Waals surface area contributed by atoms with Crippen LogP contribution in [-0.2, 0) is 10.3 Å². The van der Waals surface area contributed by atoms with Crippen LogP contribution in [0.1, 0.15) is 48.8 Å². The minimum absolute atomic E-state index is 0.0341. The third-order valence-corrected chi connectivity index (χ3v) is 6.99. The quantitative estimate of drug-likeness (QED) is 0.159. The van der Waals surface area contributed by atoms with Crippen molar-refractivity contribution in [3.63, 3.8) is 0 Å². The van der Waals surface area contributed by atoms with Gasteiger partial charge in [-0.1, -0.05) is 61.0 Å². The average Bonchev–Trinajstić information content (AvgIpc) is 2.98. The molecule has 38 heavy (non-hydrogen) atoms. The van der Waals surface area contributed by atoms with Gasteiger partial charge in [-0.05, 0) is 86.3 Å². The Balaban J connectivity index is 1.84. The van der Waals surface area contributed by atoms with Gasteiger partial charge in [0, 0.05) is 12.5 Å². The van der Waals surface area contributed by atoms with E-state index in [9.17, 15) is 5.11 Å². The molecule has 0 spiro atoms. The third kappa shape index (κ3) is 8.05. The Morgan fingerprint density at radius 2 is 1.26 bits per heavy atom. The van der Waals surface area contributed by atoms with E-state index < -0.39 is 5.60 Å². The summed E-state index contributed by atoms with van der Waals surface area (Å²) in [6, 6.07) is 26.3. The van der Waals surface area contributed by atoms with Crippen LogP contribution in [0.15, 0.2) is 78.9 Å². The molecular formula is C32H44N2O4. The fourth-order valence-corrected chi connectivity index (χ4v) is 4.75. The Labute approximate surface area is 228 Å². The van der Waals surface area contributed by atoms with Crippen molar-refractivity contribution in [1.82, 2.24) is 5.32 Å². The normalized spacial score (nSPS) is 12.3. The van der Waals surface area contributed by atoms with E-state index in [0.717, 1.165) is 79.9 Å². The van der Waals surface area contributed by atoms with Gasteiger partial charge < -0.3 is 30.4 Å². The summed E-state index contributed by atoms with van der Waals surface area (Å²) in [6.45, 7) is 3.24. The summed E-state index contributed by atoms with van der Waals surface area (Å²) >= 11 is 0. The maximum atomic E-state index is 10.2. The largest absolute Gasteiger partial charge is 0.497 e. The Bertz CT molecular complexity index is 978. The number of hydrogen-bond donors (Lipinski definition) is 3. The van der Waals surface area contributed by atoms with Crippen LogP contribution in [-0.4, -0.2) is 52.2 Å². The zero-order valence-electron chi connectivity index (χ0n) is 22.9. The first kappa shape index (κ1) is 29.7. The van der Waals surface area contributed by atoms with E-state index in [1.165, 1.54) is 0 Å². The number of unbranched alkanes of at least 4 members (excludes halogenated alkanes) is 2. The second-order valence-corrected chi connectivity index (χ2v) is 9.61. The molecule has 6 nitrogen and oxygen atoms in total. The molecule has 4 N–H and O–H groups in total. The highest BCUT2D eigenvalue weighted by Crippen LogP contribution is 2.42. The Morgan fingerprint density at radius 3 is 1.76 bits per heavy atom. The van der Waals surface area contributed by atoms with Crippen molar-refractivity contribution in [3.8, 4) is 11.5 Å². The summed E-state index contributed by atoms with van der Waals surface area (Å²) in [7, 11) is 3.34. The van der Waals surface area contributed by atoms with Gasteiger partial charge in [-0.15, -0.1) is 0 Å². The van der Waals surface area contributed by atoms with Gasteiger partial charge >= 0.3 is 0 Å². The van der Waals surface area contributed by atoms with Gasteiger partial charge in [0.15, 0.2) is 0 Å². The Kier molecular flexibility index (Phi) is 12.6. The maximum absolute atomic E-state index is 10.2. The number of nitrogens with two attached hydrogens (primary N) is 1. The molecule has 3 rings (SSSR count). The highest BCUT2D eigenvalue weighted by Gasteiger charge is 2.38. The Morgan fingerprint density at radius 1 is 0.737 bits per heavy atom. The molecule has 1 atom stereocenters. The van der Waals surface area contributed by atoms with E-state index >= 15 is 0 Å². The van der Waals surface area contributed by atoms with Crippen molar-refractivity contribution >= 4 is 0 Å². The summed E-state index contributed by atoms with van der Waals surface area (Å²) in [6.07, 6.45) is 5.17. The van der Waals surface area contributed by atoms with Crippen LogP contribution in [0.3, 0.4) is 0 Å². The van der Waals surface area contributed by atoms with Crippen molar-refractivity contribution in [2.45, 2.75) is 37.7 Å². The van der Waals surface area contributed by atoms with Crippen LogP contribution in [0.4, 0.5) is 0 Å². The summed E-state index contributed by atoms with van der Waals surface area (Å²) in [5, 5.41) is 13.7. The molecule has 0 radical (unpaired) electrons. The van der Waals surface area contributed by atoms with E-state index in [4.69, 9.17) is 19.9 Å². The second-order valence-electron chi connectivity index (χ2n) is 9.61. The molecule has 0 amide bonds. The molecule has 0 fully saturated rings. The molecule has 206 valence electrons. The van der Waals surface area contributed by atoms with Gasteiger partial charge in [-0.3, -0.25) is 0 Å². The molecule has 0 bridgehead atoms. The van der Waals surface area contributed by atoms with E-state index in [0.29, 0.717) is 6.61 Å². The molecule has 0 aliphatic heterocycles. The zero-order chi connectivity index (χ0) is 27.1. The van der Waals surface area contributed by atoms with Gasteiger partial charge in [-0.25, -0.2) is 0 Å². The summed E-state index contributed by atoms with van der Waals surface area (Å²) < 4.78 is 17.8. The van der Waals surface area contributed by atoms with Gasteiger partial charge in [0.25, 0.3) is 0 Å². The molecule has 3 aromatic rings. The second kappa shape index (κ2) is 16.1. The lowest BCUT2D eigenvalue weighted by Gasteiger charge is -2.37. The number of aliphatic hydroxyl groups excluding tert-OH is 1. The standard InChI is InChI=1S/C32H44N2O4/c1-36-30-17-13-28(14-18-30)32(27-11-4-3-5-12-27,29-15-19-31(37-2)20-16-29)38-25-26(24-35)10-6-8-22-34-23-9-7-21-33/h3-5,11-20,26,34-35H,6-10,21-25,33H2,1-2H3. The van der Waals surface area contributed by atoms with Crippen LogP contribution in [0.25, 0.3) is 0 Å². The van der Waals surface area contributed by atoms with Crippen molar-refractivity contribution in [3.05, 3.63) is 95.6 Å². The van der Waals surface area contributed by atoms with Gasteiger partial charge in [0.2, 0.25) is 0 Å². The highest BCUT2D eigenvalue weighted by atomic mass is 16.5. The lowest BCUT2D eigenvalue weighted by Crippen LogP contribution is -2.35. The smallest absolute Gasteiger partial charge is 0.143 e. The molecule has 0 heterocycles. The fraction of sp³-hybridized carbons (Fsp3) is 0.438. The predicted molar refractivity (Wildman–Crippen MR) is 154 cm³/mol. The molecule has 1 unspecified atom stereocenters. The fourth-order valence-electron chi connectivity index (χ4n) is 4.75. The summed E-state index contributed by atoms with van der Waals surface area (Å²) in [5.41, 5.74) is 7.71.